The van der Waals surface area contributed by atoms with Gasteiger partial charge in [-0.15, -0.1) is 0 Å². The van der Waals surface area contributed by atoms with E-state index in [1.54, 1.807) is 0 Å². The molecule has 1 aliphatic rings. The number of aliphatic carboxylic acids is 1. The number of carbonyl (C=O) groups excluding carboxylic acids is 1. The molecule has 1 rings (SSSR count). The van der Waals surface area contributed by atoms with Crippen molar-refractivity contribution in [3.8, 4) is 0 Å². The molecule has 0 saturated heterocycles. The maximum Gasteiger partial charge on any atom is 0.303 e. The first-order chi connectivity index (χ1) is 10.1. The molecule has 0 aromatic heterocycles. The molecule has 1 N–H and O–H groups in total. The number of carboxylic acid groups (broad SMARTS) is 1. The maximum atomic E-state index is 11.9. The van der Waals surface area contributed by atoms with Crippen LogP contribution in [0.5, 0.6) is 0 Å². The summed E-state index contributed by atoms with van der Waals surface area (Å²) < 4.78 is 0. The zero-order valence-electron chi connectivity index (χ0n) is 13.1. The summed E-state index contributed by atoms with van der Waals surface area (Å²) in [6, 6.07) is 0. The zero-order valence-corrected chi connectivity index (χ0v) is 13.1. The molecule has 0 unspecified atom stereocenters. The van der Waals surface area contributed by atoms with E-state index in [-0.39, 0.29) is 12.3 Å². The van der Waals surface area contributed by atoms with Crippen LogP contribution in [0.25, 0.3) is 0 Å². The van der Waals surface area contributed by atoms with Gasteiger partial charge in [0.25, 0.3) is 0 Å². The lowest BCUT2D eigenvalue weighted by atomic mass is 9.91. The Morgan fingerprint density at radius 1 is 1.24 bits per heavy atom. The minimum atomic E-state index is -0.744. The molecule has 0 heterocycles. The second kappa shape index (κ2) is 10.4. The lowest BCUT2D eigenvalue weighted by molar-refractivity contribution is -0.137. The van der Waals surface area contributed by atoms with Crippen LogP contribution in [-0.4, -0.2) is 16.9 Å². The third-order valence-corrected chi connectivity index (χ3v) is 4.08. The molecule has 1 fully saturated rings. The van der Waals surface area contributed by atoms with E-state index in [2.05, 4.69) is 25.2 Å². The number of ketones is 1. The van der Waals surface area contributed by atoms with Crippen molar-refractivity contribution in [2.24, 2.45) is 11.8 Å². The van der Waals surface area contributed by atoms with Crippen molar-refractivity contribution in [1.82, 2.24) is 0 Å². The fraction of sp³-hybridized carbons (Fsp3) is 0.667. The van der Waals surface area contributed by atoms with Gasteiger partial charge in [0.1, 0.15) is 5.78 Å². The van der Waals surface area contributed by atoms with Crippen molar-refractivity contribution in [2.45, 2.75) is 64.7 Å². The Morgan fingerprint density at radius 2 is 2.00 bits per heavy atom. The van der Waals surface area contributed by atoms with Gasteiger partial charge in [0, 0.05) is 18.8 Å². The second-order valence-corrected chi connectivity index (χ2v) is 5.84. The Bertz CT molecular complexity index is 382. The van der Waals surface area contributed by atoms with E-state index in [1.165, 1.54) is 12.8 Å². The molecular formula is C18H28O3. The SMILES string of the molecule is CCCC/C=C/[C@H]1CCC(=O)[C@H]1CC=CCCCC(=O)O. The van der Waals surface area contributed by atoms with Gasteiger partial charge in [-0.1, -0.05) is 44.1 Å². The molecule has 0 aromatic carbocycles. The molecule has 2 atom stereocenters. The van der Waals surface area contributed by atoms with Crippen molar-refractivity contribution < 1.29 is 14.7 Å². The van der Waals surface area contributed by atoms with Gasteiger partial charge in [-0.2, -0.15) is 0 Å². The van der Waals surface area contributed by atoms with Gasteiger partial charge in [-0.25, -0.2) is 0 Å². The number of rotatable bonds is 10. The van der Waals surface area contributed by atoms with E-state index in [9.17, 15) is 9.59 Å². The lowest BCUT2D eigenvalue weighted by Crippen LogP contribution is -2.12. The first-order valence-corrected chi connectivity index (χ1v) is 8.21. The van der Waals surface area contributed by atoms with E-state index >= 15 is 0 Å². The van der Waals surface area contributed by atoms with E-state index in [0.717, 1.165) is 25.7 Å². The molecule has 0 radical (unpaired) electrons. The number of unbranched alkanes of at least 4 members (excludes halogenated alkanes) is 3. The molecule has 3 nitrogen and oxygen atoms in total. The highest BCUT2D eigenvalue weighted by molar-refractivity contribution is 5.83. The van der Waals surface area contributed by atoms with Gasteiger partial charge >= 0.3 is 5.97 Å². The van der Waals surface area contributed by atoms with E-state index in [0.29, 0.717) is 24.5 Å². The smallest absolute Gasteiger partial charge is 0.303 e. The molecular weight excluding hydrogens is 264 g/mol. The molecule has 3 heteroatoms. The summed E-state index contributed by atoms with van der Waals surface area (Å²) in [7, 11) is 0. The van der Waals surface area contributed by atoms with Crippen LogP contribution in [0, 0.1) is 11.8 Å². The minimum absolute atomic E-state index is 0.138. The monoisotopic (exact) mass is 292 g/mol. The first kappa shape index (κ1) is 17.7. The Labute approximate surface area is 128 Å². The van der Waals surface area contributed by atoms with Crippen molar-refractivity contribution in [1.29, 1.82) is 0 Å². The maximum absolute atomic E-state index is 11.9. The summed E-state index contributed by atoms with van der Waals surface area (Å²) in [5.41, 5.74) is 0. The van der Waals surface area contributed by atoms with Crippen LogP contribution in [0.15, 0.2) is 24.3 Å². The van der Waals surface area contributed by atoms with Crippen LogP contribution in [0.1, 0.15) is 64.7 Å². The molecule has 0 bridgehead atoms. The number of hydrogen-bond donors (Lipinski definition) is 1. The van der Waals surface area contributed by atoms with Gasteiger partial charge in [-0.3, -0.25) is 9.59 Å². The number of carboxylic acids is 1. The van der Waals surface area contributed by atoms with Gasteiger partial charge in [0.05, 0.1) is 0 Å². The molecule has 21 heavy (non-hydrogen) atoms. The average Bonchev–Trinajstić information content (AvgIpc) is 2.79. The molecule has 0 aromatic rings. The van der Waals surface area contributed by atoms with Crippen molar-refractivity contribution >= 4 is 11.8 Å². The molecule has 1 aliphatic carbocycles. The highest BCUT2D eigenvalue weighted by Crippen LogP contribution is 2.32. The van der Waals surface area contributed by atoms with Crippen LogP contribution >= 0.6 is 0 Å². The van der Waals surface area contributed by atoms with Crippen molar-refractivity contribution in [3.05, 3.63) is 24.3 Å². The topological polar surface area (TPSA) is 54.4 Å². The van der Waals surface area contributed by atoms with Crippen molar-refractivity contribution in [2.75, 3.05) is 0 Å². The summed E-state index contributed by atoms with van der Waals surface area (Å²) in [6.07, 6.45) is 16.2. The van der Waals surface area contributed by atoms with Gasteiger partial charge in [0.2, 0.25) is 0 Å². The highest BCUT2D eigenvalue weighted by Gasteiger charge is 2.31. The average molecular weight is 292 g/mol. The van der Waals surface area contributed by atoms with Gasteiger partial charge < -0.3 is 5.11 Å². The summed E-state index contributed by atoms with van der Waals surface area (Å²) in [4.78, 5) is 22.3. The zero-order chi connectivity index (χ0) is 15.5. The third-order valence-electron chi connectivity index (χ3n) is 4.08. The standard InChI is InChI=1S/C18H28O3/c1-2-3-4-7-10-15-13-14-17(19)16(15)11-8-5-6-9-12-18(20)21/h5,7-8,10,15-16H,2-4,6,9,11-14H2,1H3,(H,20,21)/b8-5?,10-7+/t15-,16-/m0/s1. The number of carbonyl (C=O) groups is 2. The summed E-state index contributed by atoms with van der Waals surface area (Å²) >= 11 is 0. The van der Waals surface area contributed by atoms with E-state index in [1.807, 2.05) is 6.08 Å². The molecule has 1 saturated carbocycles. The molecule has 118 valence electrons. The number of allylic oxidation sites excluding steroid dienone is 4. The number of hydrogen-bond acceptors (Lipinski definition) is 2. The Balaban J connectivity index is 2.32. The van der Waals surface area contributed by atoms with Crippen LogP contribution in [0.3, 0.4) is 0 Å². The predicted molar refractivity (Wildman–Crippen MR) is 85.1 cm³/mol. The summed E-state index contributed by atoms with van der Waals surface area (Å²) in [5, 5.41) is 8.56. The van der Waals surface area contributed by atoms with Crippen LogP contribution in [0.2, 0.25) is 0 Å². The Hall–Kier alpha value is -1.38. The number of Topliss-reactive ketones (excluding diaryl/α,β-unsaturated/α-hetero) is 1. The van der Waals surface area contributed by atoms with Crippen LogP contribution in [0.4, 0.5) is 0 Å². The normalized spacial score (nSPS) is 22.6. The Morgan fingerprint density at radius 3 is 2.71 bits per heavy atom. The van der Waals surface area contributed by atoms with Crippen LogP contribution < -0.4 is 0 Å². The second-order valence-electron chi connectivity index (χ2n) is 5.84. The molecule has 0 amide bonds. The third kappa shape index (κ3) is 7.26. The molecule has 0 aliphatic heterocycles. The first-order valence-electron chi connectivity index (χ1n) is 8.21. The fourth-order valence-electron chi connectivity index (χ4n) is 2.80. The largest absolute Gasteiger partial charge is 0.481 e. The molecule has 0 spiro atoms. The minimum Gasteiger partial charge on any atom is -0.481 e. The predicted octanol–water partition coefficient (Wildman–Crippen LogP) is 4.53. The lowest BCUT2D eigenvalue weighted by Gasteiger charge is -2.12. The van der Waals surface area contributed by atoms with Crippen LogP contribution in [-0.2, 0) is 9.59 Å². The van der Waals surface area contributed by atoms with E-state index in [4.69, 9.17) is 5.11 Å². The van der Waals surface area contributed by atoms with Gasteiger partial charge in [-0.05, 0) is 38.0 Å². The quantitative estimate of drug-likeness (QED) is 0.475. The van der Waals surface area contributed by atoms with E-state index < -0.39 is 5.97 Å². The van der Waals surface area contributed by atoms with Gasteiger partial charge in [0.15, 0.2) is 0 Å². The van der Waals surface area contributed by atoms with Crippen molar-refractivity contribution in [3.63, 3.8) is 0 Å². The fourth-order valence-corrected chi connectivity index (χ4v) is 2.80. The Kier molecular flexibility index (Phi) is 8.72. The summed E-state index contributed by atoms with van der Waals surface area (Å²) in [5.74, 6) is 0.179. The highest BCUT2D eigenvalue weighted by atomic mass is 16.4. The summed E-state index contributed by atoms with van der Waals surface area (Å²) in [6.45, 7) is 2.19.